The lowest BCUT2D eigenvalue weighted by molar-refractivity contribution is -0.121. The molecule has 2 N–H and O–H groups in total. The van der Waals surface area contributed by atoms with Crippen molar-refractivity contribution in [2.75, 3.05) is 19.6 Å². The topological polar surface area (TPSA) is 101 Å². The molecule has 0 unspecified atom stereocenters. The summed E-state index contributed by atoms with van der Waals surface area (Å²) in [5.41, 5.74) is 0.0124. The van der Waals surface area contributed by atoms with Gasteiger partial charge in [-0.3, -0.25) is 14.6 Å². The smallest absolute Gasteiger partial charge is 0.408 e. The van der Waals surface area contributed by atoms with Crippen LogP contribution < -0.4 is 10.6 Å². The Morgan fingerprint density at radius 1 is 1.19 bits per heavy atom. The molecule has 3 amide bonds. The first-order valence-electron chi connectivity index (χ1n) is 8.70. The highest BCUT2D eigenvalue weighted by atomic mass is 16.6. The van der Waals surface area contributed by atoms with Gasteiger partial charge in [-0.15, -0.1) is 0 Å². The van der Waals surface area contributed by atoms with Crippen LogP contribution in [0.1, 0.15) is 44.0 Å². The lowest BCUT2D eigenvalue weighted by Crippen LogP contribution is -2.49. The molecule has 0 aromatic carbocycles. The van der Waals surface area contributed by atoms with Crippen LogP contribution in [0, 0.1) is 0 Å². The third kappa shape index (κ3) is 6.34. The minimum Gasteiger partial charge on any atom is -0.444 e. The Morgan fingerprint density at radius 3 is 2.38 bits per heavy atom. The summed E-state index contributed by atoms with van der Waals surface area (Å²) in [5.74, 6) is -0.293. The van der Waals surface area contributed by atoms with Gasteiger partial charge >= 0.3 is 6.09 Å². The third-order valence-electron chi connectivity index (χ3n) is 3.87. The Kier molecular flexibility index (Phi) is 6.54. The van der Waals surface area contributed by atoms with E-state index in [9.17, 15) is 14.4 Å². The van der Waals surface area contributed by atoms with Crippen molar-refractivity contribution in [1.29, 1.82) is 0 Å². The molecule has 1 aromatic heterocycles. The van der Waals surface area contributed by atoms with Crippen molar-refractivity contribution in [2.45, 2.75) is 45.3 Å². The van der Waals surface area contributed by atoms with E-state index in [0.29, 0.717) is 31.5 Å². The summed E-state index contributed by atoms with van der Waals surface area (Å²) in [7, 11) is 0. The number of carbonyl (C=O) groups is 3. The number of nitrogens with one attached hydrogen (secondary N) is 2. The molecule has 26 heavy (non-hydrogen) atoms. The summed E-state index contributed by atoms with van der Waals surface area (Å²) in [6, 6.07) is 3.38. The van der Waals surface area contributed by atoms with Crippen molar-refractivity contribution in [3.63, 3.8) is 0 Å². The normalized spacial score (nSPS) is 15.3. The van der Waals surface area contributed by atoms with Gasteiger partial charge in [-0.05, 0) is 45.7 Å². The van der Waals surface area contributed by atoms with Gasteiger partial charge in [0.1, 0.15) is 12.1 Å². The zero-order valence-corrected chi connectivity index (χ0v) is 15.4. The first-order valence-corrected chi connectivity index (χ1v) is 8.70. The summed E-state index contributed by atoms with van der Waals surface area (Å²) in [4.78, 5) is 41.5. The van der Waals surface area contributed by atoms with Gasteiger partial charge in [-0.2, -0.15) is 0 Å². The maximum Gasteiger partial charge on any atom is 0.408 e. The molecule has 1 aliphatic rings. The number of pyridine rings is 1. The molecule has 8 nitrogen and oxygen atoms in total. The summed E-state index contributed by atoms with van der Waals surface area (Å²) < 4.78 is 5.08. The number of alkyl carbamates (subject to hydrolysis) is 1. The Balaban J connectivity index is 1.70. The average Bonchev–Trinajstić information content (AvgIpc) is 2.59. The van der Waals surface area contributed by atoms with E-state index in [1.54, 1.807) is 50.2 Å². The highest BCUT2D eigenvalue weighted by Gasteiger charge is 2.25. The van der Waals surface area contributed by atoms with Crippen LogP contribution in [0.15, 0.2) is 24.5 Å². The van der Waals surface area contributed by atoms with Gasteiger partial charge < -0.3 is 20.3 Å². The number of ether oxygens (including phenoxy) is 1. The van der Waals surface area contributed by atoms with Crippen LogP contribution >= 0.6 is 0 Å². The lowest BCUT2D eigenvalue weighted by Gasteiger charge is -2.32. The molecule has 1 saturated heterocycles. The summed E-state index contributed by atoms with van der Waals surface area (Å²) in [6.45, 7) is 6.29. The second-order valence-corrected chi connectivity index (χ2v) is 7.23. The van der Waals surface area contributed by atoms with Crippen molar-refractivity contribution < 1.29 is 19.1 Å². The molecular weight excluding hydrogens is 336 g/mol. The minimum absolute atomic E-state index is 0.00979. The Hall–Kier alpha value is -2.64. The Bertz CT molecular complexity index is 634. The highest BCUT2D eigenvalue weighted by molar-refractivity contribution is 5.94. The van der Waals surface area contributed by atoms with Gasteiger partial charge in [0.25, 0.3) is 5.91 Å². The first-order chi connectivity index (χ1) is 12.2. The molecule has 1 fully saturated rings. The van der Waals surface area contributed by atoms with E-state index in [0.717, 1.165) is 0 Å². The van der Waals surface area contributed by atoms with E-state index >= 15 is 0 Å². The van der Waals surface area contributed by atoms with Crippen LogP contribution in [-0.4, -0.2) is 59.1 Å². The molecule has 1 aromatic rings. The molecule has 0 atom stereocenters. The molecular formula is C18H26N4O4. The lowest BCUT2D eigenvalue weighted by atomic mass is 10.0. The van der Waals surface area contributed by atoms with Crippen LogP contribution in [0.4, 0.5) is 4.79 Å². The quantitative estimate of drug-likeness (QED) is 0.841. The molecule has 0 saturated carbocycles. The van der Waals surface area contributed by atoms with Crippen molar-refractivity contribution in [2.24, 2.45) is 0 Å². The number of carbonyl (C=O) groups excluding carboxylic acids is 3. The maximum atomic E-state index is 12.4. The second-order valence-electron chi connectivity index (χ2n) is 7.23. The molecule has 0 bridgehead atoms. The SMILES string of the molecule is CC(C)(C)OC(=O)NCC(=O)NC1CCN(C(=O)c2ccncc2)CC1. The molecule has 142 valence electrons. The highest BCUT2D eigenvalue weighted by Crippen LogP contribution is 2.13. The van der Waals surface area contributed by atoms with Crippen LogP contribution in [0.25, 0.3) is 0 Å². The van der Waals surface area contributed by atoms with Crippen molar-refractivity contribution in [1.82, 2.24) is 20.5 Å². The van der Waals surface area contributed by atoms with Crippen LogP contribution in [0.3, 0.4) is 0 Å². The summed E-state index contributed by atoms with van der Waals surface area (Å²) in [5, 5.41) is 5.31. The molecule has 8 heteroatoms. The van der Waals surface area contributed by atoms with Gasteiger partial charge in [-0.25, -0.2) is 4.79 Å². The van der Waals surface area contributed by atoms with E-state index < -0.39 is 11.7 Å². The van der Waals surface area contributed by atoms with Crippen LogP contribution in [-0.2, 0) is 9.53 Å². The second kappa shape index (κ2) is 8.64. The standard InChI is InChI=1S/C18H26N4O4/c1-18(2,3)26-17(25)20-12-15(23)21-14-6-10-22(11-7-14)16(24)13-4-8-19-9-5-13/h4-5,8-9,14H,6-7,10-12H2,1-3H3,(H,20,25)(H,21,23). The van der Waals surface area contributed by atoms with E-state index in [2.05, 4.69) is 15.6 Å². The number of nitrogens with zero attached hydrogens (tertiary/aromatic N) is 2. The largest absolute Gasteiger partial charge is 0.444 e. The van der Waals surface area contributed by atoms with Crippen molar-refractivity contribution >= 4 is 17.9 Å². The fourth-order valence-corrected chi connectivity index (χ4v) is 2.65. The first kappa shape index (κ1) is 19.7. The van der Waals surface area contributed by atoms with Gasteiger partial charge in [-0.1, -0.05) is 0 Å². The van der Waals surface area contributed by atoms with Gasteiger partial charge in [0.2, 0.25) is 5.91 Å². The zero-order valence-electron chi connectivity index (χ0n) is 15.4. The summed E-state index contributed by atoms with van der Waals surface area (Å²) >= 11 is 0. The minimum atomic E-state index is -0.620. The van der Waals surface area contributed by atoms with Gasteiger partial charge in [0.15, 0.2) is 0 Å². The molecule has 0 spiro atoms. The number of hydrogen-bond acceptors (Lipinski definition) is 5. The summed E-state index contributed by atoms with van der Waals surface area (Å²) in [6.07, 6.45) is 3.92. The average molecular weight is 362 g/mol. The van der Waals surface area contributed by atoms with Crippen molar-refractivity contribution in [3.05, 3.63) is 30.1 Å². The maximum absolute atomic E-state index is 12.4. The van der Waals surface area contributed by atoms with Gasteiger partial charge in [0, 0.05) is 37.1 Å². The van der Waals surface area contributed by atoms with E-state index in [-0.39, 0.29) is 24.4 Å². The van der Waals surface area contributed by atoms with E-state index in [1.165, 1.54) is 0 Å². The van der Waals surface area contributed by atoms with E-state index in [4.69, 9.17) is 4.74 Å². The Morgan fingerprint density at radius 2 is 1.81 bits per heavy atom. The predicted octanol–water partition coefficient (Wildman–Crippen LogP) is 1.33. The molecule has 2 heterocycles. The number of aromatic nitrogens is 1. The number of piperidine rings is 1. The van der Waals surface area contributed by atoms with Gasteiger partial charge in [0.05, 0.1) is 0 Å². The number of rotatable bonds is 4. The number of hydrogen-bond donors (Lipinski definition) is 2. The van der Waals surface area contributed by atoms with E-state index in [1.807, 2.05) is 0 Å². The Labute approximate surface area is 153 Å². The predicted molar refractivity (Wildman–Crippen MR) is 95.5 cm³/mol. The zero-order chi connectivity index (χ0) is 19.2. The van der Waals surface area contributed by atoms with Crippen molar-refractivity contribution in [3.8, 4) is 0 Å². The number of likely N-dealkylation sites (tertiary alicyclic amines) is 1. The third-order valence-corrected chi connectivity index (χ3v) is 3.87. The monoisotopic (exact) mass is 362 g/mol. The molecule has 1 aliphatic heterocycles. The van der Waals surface area contributed by atoms with Crippen LogP contribution in [0.5, 0.6) is 0 Å². The molecule has 0 aliphatic carbocycles. The fraction of sp³-hybridized carbons (Fsp3) is 0.556. The fourth-order valence-electron chi connectivity index (χ4n) is 2.65. The molecule has 0 radical (unpaired) electrons. The van der Waals surface area contributed by atoms with Crippen LogP contribution in [0.2, 0.25) is 0 Å². The molecule has 2 rings (SSSR count). The number of amides is 3.